The van der Waals surface area contributed by atoms with Crippen molar-refractivity contribution >= 4 is 37.8 Å². The highest BCUT2D eigenvalue weighted by atomic mass is 32.2. The van der Waals surface area contributed by atoms with Crippen molar-refractivity contribution in [2.24, 2.45) is 0 Å². The van der Waals surface area contributed by atoms with E-state index >= 15 is 0 Å². The summed E-state index contributed by atoms with van der Waals surface area (Å²) in [4.78, 5) is 13.8. The number of sulfone groups is 1. The molecule has 19 heavy (non-hydrogen) atoms. The van der Waals surface area contributed by atoms with E-state index in [-0.39, 0.29) is 27.1 Å². The predicted molar refractivity (Wildman–Crippen MR) is 78.8 cm³/mol. The zero-order valence-corrected chi connectivity index (χ0v) is 13.1. The molecule has 0 aliphatic rings. The number of anilines is 2. The first kappa shape index (κ1) is 15.8. The molecular weight excluding hydrogens is 286 g/mol. The van der Waals surface area contributed by atoms with Gasteiger partial charge in [0.1, 0.15) is 14.8 Å². The van der Waals surface area contributed by atoms with Crippen LogP contribution in [0.4, 0.5) is 10.7 Å². The third kappa shape index (κ3) is 3.01. The second kappa shape index (κ2) is 5.79. The van der Waals surface area contributed by atoms with Gasteiger partial charge < -0.3 is 16.0 Å². The Morgan fingerprint density at radius 2 is 1.95 bits per heavy atom. The molecule has 0 radical (unpaired) electrons. The molecule has 1 aromatic heterocycles. The molecular formula is C11H19N3O3S2. The average Bonchev–Trinajstić information content (AvgIpc) is 2.68. The largest absolute Gasteiger partial charge is 0.396 e. The van der Waals surface area contributed by atoms with E-state index in [0.717, 1.165) is 11.3 Å². The van der Waals surface area contributed by atoms with Crippen molar-refractivity contribution in [3.8, 4) is 0 Å². The van der Waals surface area contributed by atoms with E-state index < -0.39 is 9.84 Å². The fourth-order valence-electron chi connectivity index (χ4n) is 1.57. The van der Waals surface area contributed by atoms with Gasteiger partial charge in [0, 0.05) is 20.6 Å². The van der Waals surface area contributed by atoms with Gasteiger partial charge in [0.25, 0.3) is 5.91 Å². The van der Waals surface area contributed by atoms with Crippen LogP contribution in [0, 0.1) is 0 Å². The number of nitrogens with one attached hydrogen (secondary N) is 1. The van der Waals surface area contributed by atoms with Crippen LogP contribution < -0.4 is 16.0 Å². The molecule has 0 spiro atoms. The van der Waals surface area contributed by atoms with Gasteiger partial charge >= 0.3 is 0 Å². The van der Waals surface area contributed by atoms with Crippen molar-refractivity contribution in [2.45, 2.75) is 18.7 Å². The summed E-state index contributed by atoms with van der Waals surface area (Å²) >= 11 is 1.09. The third-order valence-electron chi connectivity index (χ3n) is 2.52. The number of amides is 1. The topological polar surface area (TPSA) is 92.5 Å². The number of hydrogen-bond acceptors (Lipinski definition) is 6. The standard InChI is InChI=1S/C11H19N3O3S2/c1-5-13-10(15)8-7(12)9(19(16,17)6-2)11(18-8)14(3)4/h5-6,12H2,1-4H3,(H,13,15). The molecule has 0 atom stereocenters. The zero-order chi connectivity index (χ0) is 14.8. The van der Waals surface area contributed by atoms with Gasteiger partial charge in [-0.25, -0.2) is 8.42 Å². The summed E-state index contributed by atoms with van der Waals surface area (Å²) in [5, 5.41) is 3.12. The summed E-state index contributed by atoms with van der Waals surface area (Å²) in [7, 11) is -0.0211. The Hall–Kier alpha value is -1.28. The molecule has 0 saturated carbocycles. The molecule has 0 bridgehead atoms. The van der Waals surface area contributed by atoms with Crippen LogP contribution in [0.25, 0.3) is 0 Å². The molecule has 8 heteroatoms. The second-order valence-corrected chi connectivity index (χ2v) is 7.35. The van der Waals surface area contributed by atoms with Crippen molar-refractivity contribution in [1.82, 2.24) is 5.32 Å². The summed E-state index contributed by atoms with van der Waals surface area (Å²) in [6.07, 6.45) is 0. The maximum atomic E-state index is 12.1. The molecule has 0 aliphatic heterocycles. The Bertz CT molecular complexity index is 576. The highest BCUT2D eigenvalue weighted by Gasteiger charge is 2.29. The predicted octanol–water partition coefficient (Wildman–Crippen LogP) is 0.940. The van der Waals surface area contributed by atoms with E-state index in [4.69, 9.17) is 5.73 Å². The summed E-state index contributed by atoms with van der Waals surface area (Å²) < 4.78 is 24.2. The van der Waals surface area contributed by atoms with Crippen LogP contribution in [0.1, 0.15) is 23.5 Å². The van der Waals surface area contributed by atoms with E-state index in [2.05, 4.69) is 5.32 Å². The van der Waals surface area contributed by atoms with Gasteiger partial charge in [-0.1, -0.05) is 6.92 Å². The van der Waals surface area contributed by atoms with Crippen LogP contribution in [0.5, 0.6) is 0 Å². The molecule has 6 nitrogen and oxygen atoms in total. The molecule has 1 heterocycles. The van der Waals surface area contributed by atoms with Crippen LogP contribution in [-0.4, -0.2) is 40.7 Å². The van der Waals surface area contributed by atoms with E-state index in [9.17, 15) is 13.2 Å². The van der Waals surface area contributed by atoms with Crippen molar-refractivity contribution in [3.63, 3.8) is 0 Å². The highest BCUT2D eigenvalue weighted by molar-refractivity contribution is 7.92. The molecule has 0 aromatic carbocycles. The molecule has 0 fully saturated rings. The van der Waals surface area contributed by atoms with Crippen molar-refractivity contribution in [2.75, 3.05) is 37.0 Å². The number of carbonyl (C=O) groups is 1. The lowest BCUT2D eigenvalue weighted by molar-refractivity contribution is 0.0960. The Morgan fingerprint density at radius 3 is 2.37 bits per heavy atom. The van der Waals surface area contributed by atoms with E-state index in [1.54, 1.807) is 32.8 Å². The maximum absolute atomic E-state index is 12.1. The molecule has 1 amide bonds. The molecule has 0 saturated heterocycles. The van der Waals surface area contributed by atoms with Crippen molar-refractivity contribution in [3.05, 3.63) is 4.88 Å². The third-order valence-corrected chi connectivity index (χ3v) is 5.82. The normalized spacial score (nSPS) is 11.4. The van der Waals surface area contributed by atoms with Crippen LogP contribution in [0.2, 0.25) is 0 Å². The molecule has 0 aliphatic carbocycles. The lowest BCUT2D eigenvalue weighted by Gasteiger charge is -2.12. The zero-order valence-electron chi connectivity index (χ0n) is 11.5. The van der Waals surface area contributed by atoms with Gasteiger partial charge in [-0.05, 0) is 6.92 Å². The monoisotopic (exact) mass is 305 g/mol. The number of nitrogens with two attached hydrogens (primary N) is 1. The first-order chi connectivity index (χ1) is 8.76. The van der Waals surface area contributed by atoms with Crippen LogP contribution in [0.3, 0.4) is 0 Å². The number of nitrogen functional groups attached to an aromatic ring is 1. The SMILES string of the molecule is CCNC(=O)c1sc(N(C)C)c(S(=O)(=O)CC)c1N. The van der Waals surface area contributed by atoms with Gasteiger partial charge in [0.15, 0.2) is 9.84 Å². The fourth-order valence-corrected chi connectivity index (χ4v) is 4.27. The second-order valence-electron chi connectivity index (χ2n) is 4.14. The van der Waals surface area contributed by atoms with E-state index in [0.29, 0.717) is 11.5 Å². The number of thiophene rings is 1. The van der Waals surface area contributed by atoms with Crippen LogP contribution >= 0.6 is 11.3 Å². The van der Waals surface area contributed by atoms with Gasteiger partial charge in [0.2, 0.25) is 0 Å². The number of rotatable bonds is 5. The van der Waals surface area contributed by atoms with Crippen LogP contribution in [-0.2, 0) is 9.84 Å². The Labute approximate surface area is 117 Å². The van der Waals surface area contributed by atoms with Gasteiger partial charge in [-0.2, -0.15) is 0 Å². The van der Waals surface area contributed by atoms with Gasteiger partial charge in [-0.15, -0.1) is 11.3 Å². The molecule has 0 unspecified atom stereocenters. The minimum atomic E-state index is -3.47. The summed E-state index contributed by atoms with van der Waals surface area (Å²) in [5.41, 5.74) is 5.92. The quantitative estimate of drug-likeness (QED) is 0.844. The minimum Gasteiger partial charge on any atom is -0.396 e. The summed E-state index contributed by atoms with van der Waals surface area (Å²) in [6, 6.07) is 0. The average molecular weight is 305 g/mol. The van der Waals surface area contributed by atoms with Gasteiger partial charge in [-0.3, -0.25) is 4.79 Å². The Kier molecular flexibility index (Phi) is 4.81. The fraction of sp³-hybridized carbons (Fsp3) is 0.545. The van der Waals surface area contributed by atoms with Crippen molar-refractivity contribution < 1.29 is 13.2 Å². The molecule has 108 valence electrons. The first-order valence-corrected chi connectivity index (χ1v) is 8.33. The summed E-state index contributed by atoms with van der Waals surface area (Å²) in [6.45, 7) is 3.80. The number of hydrogen-bond donors (Lipinski definition) is 2. The summed E-state index contributed by atoms with van der Waals surface area (Å²) in [5.74, 6) is -0.394. The lowest BCUT2D eigenvalue weighted by atomic mass is 10.3. The first-order valence-electron chi connectivity index (χ1n) is 5.86. The number of nitrogens with zero attached hydrogens (tertiary/aromatic N) is 1. The Balaban J connectivity index is 3.50. The molecule has 1 rings (SSSR count). The molecule has 1 aromatic rings. The van der Waals surface area contributed by atoms with Gasteiger partial charge in [0.05, 0.1) is 11.4 Å². The number of carbonyl (C=O) groups excluding carboxylic acids is 1. The minimum absolute atomic E-state index is 0.0431. The highest BCUT2D eigenvalue weighted by Crippen LogP contribution is 2.41. The lowest BCUT2D eigenvalue weighted by Crippen LogP contribution is -2.22. The Morgan fingerprint density at radius 1 is 1.37 bits per heavy atom. The molecule has 3 N–H and O–H groups in total. The van der Waals surface area contributed by atoms with E-state index in [1.165, 1.54) is 0 Å². The van der Waals surface area contributed by atoms with E-state index in [1.807, 2.05) is 0 Å². The smallest absolute Gasteiger partial charge is 0.263 e. The maximum Gasteiger partial charge on any atom is 0.263 e. The van der Waals surface area contributed by atoms with Crippen molar-refractivity contribution in [1.29, 1.82) is 0 Å². The van der Waals surface area contributed by atoms with Crippen LogP contribution in [0.15, 0.2) is 4.90 Å².